The van der Waals surface area contributed by atoms with Crippen LogP contribution in [0.2, 0.25) is 0 Å². The first-order valence-electron chi connectivity index (χ1n) is 8.87. The minimum atomic E-state index is -0.187. The molecule has 0 saturated carbocycles. The predicted octanol–water partition coefficient (Wildman–Crippen LogP) is 4.54. The molecule has 0 spiro atoms. The summed E-state index contributed by atoms with van der Waals surface area (Å²) in [5.74, 6) is -0.187. The molecule has 1 aromatic carbocycles. The van der Waals surface area contributed by atoms with Crippen molar-refractivity contribution in [1.82, 2.24) is 0 Å². The minimum absolute atomic E-state index is 0.187. The molecule has 0 fully saturated rings. The Balaban J connectivity index is 2.33. The first-order valence-corrected chi connectivity index (χ1v) is 10.1. The lowest BCUT2D eigenvalue weighted by molar-refractivity contribution is 0.0500. The number of carbonyl (C=O) groups excluding carboxylic acids is 1. The number of unbranched alkanes of at least 4 members (excludes halogenated alkanes) is 4. The Morgan fingerprint density at radius 1 is 0.957 bits per heavy atom. The van der Waals surface area contributed by atoms with Crippen molar-refractivity contribution >= 4 is 19.9 Å². The zero-order valence-corrected chi connectivity index (χ0v) is 15.6. The Morgan fingerprint density at radius 3 is 2.39 bits per heavy atom. The van der Waals surface area contributed by atoms with E-state index in [0.717, 1.165) is 50.4 Å². The van der Waals surface area contributed by atoms with Crippen LogP contribution in [0.1, 0.15) is 62.7 Å². The average Bonchev–Trinajstić information content (AvgIpc) is 2.58. The molecular formula is C19H31O3P. The van der Waals surface area contributed by atoms with Gasteiger partial charge in [0.25, 0.3) is 0 Å². The average molecular weight is 338 g/mol. The van der Waals surface area contributed by atoms with Crippen LogP contribution in [-0.2, 0) is 9.47 Å². The Kier molecular flexibility index (Phi) is 11.8. The molecular weight excluding hydrogens is 307 g/mol. The van der Waals surface area contributed by atoms with E-state index in [1.807, 2.05) is 24.3 Å². The molecule has 0 saturated heterocycles. The Bertz CT molecular complexity index is 434. The molecule has 3 nitrogen and oxygen atoms in total. The molecule has 0 aliphatic heterocycles. The summed E-state index contributed by atoms with van der Waals surface area (Å²) in [5.41, 5.74) is 0.716. The Morgan fingerprint density at radius 2 is 1.65 bits per heavy atom. The largest absolute Gasteiger partial charge is 0.462 e. The van der Waals surface area contributed by atoms with Gasteiger partial charge < -0.3 is 9.47 Å². The topological polar surface area (TPSA) is 35.5 Å². The summed E-state index contributed by atoms with van der Waals surface area (Å²) < 4.78 is 11.0. The molecule has 4 heteroatoms. The van der Waals surface area contributed by atoms with Gasteiger partial charge in [-0.25, -0.2) is 4.79 Å². The highest BCUT2D eigenvalue weighted by molar-refractivity contribution is 7.47. The monoisotopic (exact) mass is 338 g/mol. The van der Waals surface area contributed by atoms with Gasteiger partial charge in [0.05, 0.1) is 18.8 Å². The van der Waals surface area contributed by atoms with Crippen LogP contribution in [0, 0.1) is 0 Å². The molecule has 0 aliphatic rings. The third kappa shape index (κ3) is 9.07. The Hall–Kier alpha value is -0.920. The second-order valence-corrected chi connectivity index (χ2v) is 7.03. The van der Waals surface area contributed by atoms with Gasteiger partial charge in [0.2, 0.25) is 0 Å². The van der Waals surface area contributed by atoms with Crippen molar-refractivity contribution < 1.29 is 14.3 Å². The zero-order valence-electron chi connectivity index (χ0n) is 14.6. The van der Waals surface area contributed by atoms with Crippen LogP contribution >= 0.6 is 8.58 Å². The fourth-order valence-corrected chi connectivity index (χ4v) is 3.33. The van der Waals surface area contributed by atoms with Crippen LogP contribution in [0.4, 0.5) is 0 Å². The molecule has 0 amide bonds. The third-order valence-corrected chi connectivity index (χ3v) is 4.85. The van der Waals surface area contributed by atoms with Gasteiger partial charge in [-0.05, 0) is 30.4 Å². The lowest BCUT2D eigenvalue weighted by Crippen LogP contribution is -2.15. The van der Waals surface area contributed by atoms with Crippen LogP contribution in [0.5, 0.6) is 0 Å². The quantitative estimate of drug-likeness (QED) is 0.301. The lowest BCUT2D eigenvalue weighted by atomic mass is 10.2. The lowest BCUT2D eigenvalue weighted by Gasteiger charge is -2.10. The molecule has 1 rings (SSSR count). The van der Waals surface area contributed by atoms with E-state index in [2.05, 4.69) is 13.8 Å². The van der Waals surface area contributed by atoms with E-state index in [9.17, 15) is 4.79 Å². The van der Waals surface area contributed by atoms with Gasteiger partial charge in [-0.2, -0.15) is 0 Å². The van der Waals surface area contributed by atoms with E-state index in [1.54, 1.807) is 0 Å². The van der Waals surface area contributed by atoms with Crippen LogP contribution < -0.4 is 5.30 Å². The molecule has 1 unspecified atom stereocenters. The SMILES string of the molecule is CCCCCOCCPc1ccccc1C(=O)OCCCCC. The second kappa shape index (κ2) is 13.5. The maximum absolute atomic E-state index is 12.2. The summed E-state index contributed by atoms with van der Waals surface area (Å²) in [4.78, 5) is 12.2. The summed E-state index contributed by atoms with van der Waals surface area (Å²) in [5, 5.41) is 1.09. The highest BCUT2D eigenvalue weighted by atomic mass is 31.1. The zero-order chi connectivity index (χ0) is 16.8. The van der Waals surface area contributed by atoms with Crippen molar-refractivity contribution in [1.29, 1.82) is 0 Å². The van der Waals surface area contributed by atoms with Gasteiger partial charge in [0.1, 0.15) is 0 Å². The number of ether oxygens (including phenoxy) is 2. The van der Waals surface area contributed by atoms with Crippen molar-refractivity contribution in [3.8, 4) is 0 Å². The fourth-order valence-electron chi connectivity index (χ4n) is 2.22. The van der Waals surface area contributed by atoms with Gasteiger partial charge in [-0.15, -0.1) is 0 Å². The van der Waals surface area contributed by atoms with Gasteiger partial charge in [-0.3, -0.25) is 0 Å². The second-order valence-electron chi connectivity index (χ2n) is 5.63. The summed E-state index contributed by atoms with van der Waals surface area (Å²) in [6.45, 7) is 6.47. The van der Waals surface area contributed by atoms with Crippen molar-refractivity contribution in [2.75, 3.05) is 26.0 Å². The number of carbonyl (C=O) groups is 1. The minimum Gasteiger partial charge on any atom is -0.462 e. The summed E-state index contributed by atoms with van der Waals surface area (Å²) >= 11 is 0. The summed E-state index contributed by atoms with van der Waals surface area (Å²) in [6.07, 6.45) is 7.73. The van der Waals surface area contributed by atoms with Crippen LogP contribution in [0.15, 0.2) is 24.3 Å². The molecule has 1 aromatic rings. The highest BCUT2D eigenvalue weighted by Crippen LogP contribution is 2.14. The Labute approximate surface area is 142 Å². The van der Waals surface area contributed by atoms with Crippen LogP contribution in [0.25, 0.3) is 0 Å². The molecule has 0 bridgehead atoms. The fraction of sp³-hybridized carbons (Fsp3) is 0.632. The van der Waals surface area contributed by atoms with Crippen molar-refractivity contribution in [2.24, 2.45) is 0 Å². The van der Waals surface area contributed by atoms with E-state index in [-0.39, 0.29) is 5.97 Å². The first kappa shape index (κ1) is 20.1. The number of hydrogen-bond donors (Lipinski definition) is 0. The maximum atomic E-state index is 12.2. The van der Waals surface area contributed by atoms with E-state index in [4.69, 9.17) is 9.47 Å². The molecule has 0 heterocycles. The number of esters is 1. The predicted molar refractivity (Wildman–Crippen MR) is 99.4 cm³/mol. The number of hydrogen-bond acceptors (Lipinski definition) is 3. The summed E-state index contributed by atoms with van der Waals surface area (Å²) in [7, 11) is 0.588. The number of rotatable bonds is 13. The smallest absolute Gasteiger partial charge is 0.338 e. The molecule has 0 N–H and O–H groups in total. The van der Waals surface area contributed by atoms with E-state index >= 15 is 0 Å². The van der Waals surface area contributed by atoms with Crippen LogP contribution in [0.3, 0.4) is 0 Å². The molecule has 0 aromatic heterocycles. The van der Waals surface area contributed by atoms with Crippen LogP contribution in [-0.4, -0.2) is 32.0 Å². The number of benzene rings is 1. The van der Waals surface area contributed by atoms with Gasteiger partial charge in [-0.1, -0.05) is 66.3 Å². The van der Waals surface area contributed by atoms with Gasteiger partial charge >= 0.3 is 5.97 Å². The van der Waals surface area contributed by atoms with E-state index < -0.39 is 0 Å². The maximum Gasteiger partial charge on any atom is 0.338 e. The highest BCUT2D eigenvalue weighted by Gasteiger charge is 2.11. The molecule has 0 aliphatic carbocycles. The van der Waals surface area contributed by atoms with Crippen molar-refractivity contribution in [3.63, 3.8) is 0 Å². The van der Waals surface area contributed by atoms with E-state index in [0.29, 0.717) is 20.8 Å². The van der Waals surface area contributed by atoms with Gasteiger partial charge in [0, 0.05) is 6.61 Å². The van der Waals surface area contributed by atoms with E-state index in [1.165, 1.54) is 12.8 Å². The summed E-state index contributed by atoms with van der Waals surface area (Å²) in [6, 6.07) is 7.78. The van der Waals surface area contributed by atoms with Crippen molar-refractivity contribution in [2.45, 2.75) is 52.4 Å². The standard InChI is InChI=1S/C19H31O3P/c1-3-5-9-13-21-15-16-23-18-12-8-7-11-17(18)19(20)22-14-10-6-4-2/h7-8,11-12,23H,3-6,9-10,13-16H2,1-2H3. The molecule has 0 radical (unpaired) electrons. The van der Waals surface area contributed by atoms with Crippen molar-refractivity contribution in [3.05, 3.63) is 29.8 Å². The third-order valence-electron chi connectivity index (χ3n) is 3.58. The first-order chi connectivity index (χ1) is 11.3. The molecule has 23 heavy (non-hydrogen) atoms. The molecule has 1 atom stereocenters. The van der Waals surface area contributed by atoms with Gasteiger partial charge in [0.15, 0.2) is 0 Å². The normalized spacial score (nSPS) is 11.2. The molecule has 130 valence electrons.